The maximum absolute atomic E-state index is 12.8. The number of imidazole rings is 1. The largest absolute Gasteiger partial charge is 0.320 e. The molecule has 7 heteroatoms. The Morgan fingerprint density at radius 1 is 1.12 bits per heavy atom. The smallest absolute Gasteiger partial charge is 0.258 e. The molecule has 6 nitrogen and oxygen atoms in total. The van der Waals surface area contributed by atoms with Crippen molar-refractivity contribution in [2.24, 2.45) is 0 Å². The van der Waals surface area contributed by atoms with Crippen LogP contribution in [-0.4, -0.2) is 25.0 Å². The zero-order chi connectivity index (χ0) is 18.1. The Kier molecular flexibility index (Phi) is 4.14. The number of pyridine rings is 1. The number of anilines is 1. The van der Waals surface area contributed by atoms with Gasteiger partial charge in [-0.3, -0.25) is 9.36 Å². The third-order valence-corrected chi connectivity index (χ3v) is 5.04. The number of aryl methyl sites for hydroxylation is 2. The van der Waals surface area contributed by atoms with Crippen molar-refractivity contribution in [2.45, 2.75) is 13.8 Å². The molecule has 4 aromatic rings. The molecule has 0 radical (unpaired) electrons. The molecule has 26 heavy (non-hydrogen) atoms. The highest BCUT2D eigenvalue weighted by molar-refractivity contribution is 7.13. The van der Waals surface area contributed by atoms with Gasteiger partial charge in [0.25, 0.3) is 5.91 Å². The van der Waals surface area contributed by atoms with E-state index in [1.165, 1.54) is 0 Å². The van der Waals surface area contributed by atoms with Crippen LogP contribution in [0.4, 0.5) is 5.69 Å². The van der Waals surface area contributed by atoms with E-state index < -0.39 is 0 Å². The molecule has 0 spiro atoms. The molecule has 0 unspecified atom stereocenters. The Morgan fingerprint density at radius 2 is 1.92 bits per heavy atom. The van der Waals surface area contributed by atoms with E-state index in [2.05, 4.69) is 32.0 Å². The molecule has 0 aliphatic heterocycles. The Morgan fingerprint density at radius 3 is 2.58 bits per heavy atom. The molecule has 0 bridgehead atoms. The topological polar surface area (TPSA) is 64.7 Å². The lowest BCUT2D eigenvalue weighted by molar-refractivity contribution is 0.102. The number of carbonyl (C=O) groups excluding carboxylic acids is 1. The number of hydrogen-bond donors (Lipinski definition) is 1. The molecule has 4 aromatic heterocycles. The molecule has 0 saturated carbocycles. The molecule has 0 aliphatic carbocycles. The summed E-state index contributed by atoms with van der Waals surface area (Å²) < 4.78 is 3.90. The number of rotatable bonds is 4. The lowest BCUT2D eigenvalue weighted by Gasteiger charge is -2.11. The van der Waals surface area contributed by atoms with Crippen LogP contribution in [0.3, 0.4) is 0 Å². The van der Waals surface area contributed by atoms with Gasteiger partial charge in [0.1, 0.15) is 17.1 Å². The van der Waals surface area contributed by atoms with Crippen molar-refractivity contribution >= 4 is 22.9 Å². The van der Waals surface area contributed by atoms with E-state index in [0.717, 1.165) is 22.2 Å². The van der Waals surface area contributed by atoms with Crippen molar-refractivity contribution < 1.29 is 4.79 Å². The van der Waals surface area contributed by atoms with E-state index in [4.69, 9.17) is 0 Å². The molecular formula is C19H17N5OS. The zero-order valence-corrected chi connectivity index (χ0v) is 15.2. The summed E-state index contributed by atoms with van der Waals surface area (Å²) in [4.78, 5) is 21.1. The van der Waals surface area contributed by atoms with Crippen LogP contribution in [0, 0.1) is 13.8 Å². The highest BCUT2D eigenvalue weighted by Gasteiger charge is 2.17. The summed E-state index contributed by atoms with van der Waals surface area (Å²) in [6.45, 7) is 4.07. The fourth-order valence-corrected chi connectivity index (χ4v) is 3.86. The van der Waals surface area contributed by atoms with Crippen LogP contribution in [0.15, 0.2) is 60.6 Å². The number of thiophene rings is 1. The van der Waals surface area contributed by atoms with Crippen LogP contribution in [0.1, 0.15) is 21.7 Å². The predicted molar refractivity (Wildman–Crippen MR) is 102 cm³/mol. The number of aromatic nitrogens is 4. The van der Waals surface area contributed by atoms with Gasteiger partial charge in [0.15, 0.2) is 0 Å². The fraction of sp³-hybridized carbons (Fsp3) is 0.105. The summed E-state index contributed by atoms with van der Waals surface area (Å²) in [5.41, 5.74) is 3.50. The van der Waals surface area contributed by atoms with Gasteiger partial charge in [-0.15, -0.1) is 11.3 Å². The summed E-state index contributed by atoms with van der Waals surface area (Å²) in [5, 5.41) is 5.78. The van der Waals surface area contributed by atoms with E-state index in [-0.39, 0.29) is 5.91 Å². The van der Waals surface area contributed by atoms with E-state index in [0.29, 0.717) is 11.3 Å². The summed E-state index contributed by atoms with van der Waals surface area (Å²) >= 11 is 1.55. The second-order valence-electron chi connectivity index (χ2n) is 5.92. The van der Waals surface area contributed by atoms with Crippen molar-refractivity contribution in [1.82, 2.24) is 19.1 Å². The highest BCUT2D eigenvalue weighted by Crippen LogP contribution is 2.26. The first-order chi connectivity index (χ1) is 12.6. The molecule has 1 amide bonds. The van der Waals surface area contributed by atoms with Crippen LogP contribution >= 0.6 is 11.3 Å². The van der Waals surface area contributed by atoms with E-state index >= 15 is 0 Å². The number of hydrogen-bond acceptors (Lipinski definition) is 4. The van der Waals surface area contributed by atoms with Crippen LogP contribution in [0.25, 0.3) is 10.8 Å². The lowest BCUT2D eigenvalue weighted by atomic mass is 10.2. The Hall–Kier alpha value is -3.19. The van der Waals surface area contributed by atoms with Gasteiger partial charge in [-0.05, 0) is 49.6 Å². The zero-order valence-electron chi connectivity index (χ0n) is 14.4. The van der Waals surface area contributed by atoms with Crippen LogP contribution in [0.2, 0.25) is 0 Å². The van der Waals surface area contributed by atoms with E-state index in [1.807, 2.05) is 43.6 Å². The molecule has 4 heterocycles. The van der Waals surface area contributed by atoms with Crippen molar-refractivity contribution in [2.75, 3.05) is 5.32 Å². The summed E-state index contributed by atoms with van der Waals surface area (Å²) in [5.74, 6) is 0.598. The standard InChI is InChI=1S/C19H17N5OS/c1-13-3-4-14(2)24(13)19-16(7-10-26-19)18(25)22-15-5-6-17(21-11-15)23-9-8-20-12-23/h3-12H,1-2H3,(H,22,25). The second-order valence-corrected chi connectivity index (χ2v) is 6.81. The minimum atomic E-state index is -0.147. The van der Waals surface area contributed by atoms with Gasteiger partial charge in [0.05, 0.1) is 17.4 Å². The van der Waals surface area contributed by atoms with E-state index in [1.54, 1.807) is 34.6 Å². The van der Waals surface area contributed by atoms with Gasteiger partial charge < -0.3 is 9.88 Å². The summed E-state index contributed by atoms with van der Waals surface area (Å²) in [6, 6.07) is 9.62. The molecule has 0 atom stereocenters. The van der Waals surface area contributed by atoms with Crippen molar-refractivity contribution in [3.63, 3.8) is 0 Å². The maximum atomic E-state index is 12.8. The van der Waals surface area contributed by atoms with Crippen molar-refractivity contribution in [3.05, 3.63) is 77.6 Å². The monoisotopic (exact) mass is 363 g/mol. The fourth-order valence-electron chi connectivity index (χ4n) is 2.84. The third kappa shape index (κ3) is 2.93. The predicted octanol–water partition coefficient (Wildman–Crippen LogP) is 3.99. The molecule has 4 rings (SSSR count). The summed E-state index contributed by atoms with van der Waals surface area (Å²) in [6.07, 6.45) is 6.84. The molecule has 0 aliphatic rings. The minimum absolute atomic E-state index is 0.147. The van der Waals surface area contributed by atoms with Crippen LogP contribution < -0.4 is 5.32 Å². The number of nitrogens with zero attached hydrogens (tertiary/aromatic N) is 4. The van der Waals surface area contributed by atoms with Crippen LogP contribution in [0.5, 0.6) is 0 Å². The van der Waals surface area contributed by atoms with Gasteiger partial charge in [-0.1, -0.05) is 0 Å². The maximum Gasteiger partial charge on any atom is 0.258 e. The summed E-state index contributed by atoms with van der Waals surface area (Å²) in [7, 11) is 0. The first-order valence-electron chi connectivity index (χ1n) is 8.12. The Bertz CT molecular complexity index is 1020. The normalized spacial score (nSPS) is 10.8. The second kappa shape index (κ2) is 6.61. The van der Waals surface area contributed by atoms with Gasteiger partial charge in [-0.2, -0.15) is 0 Å². The minimum Gasteiger partial charge on any atom is -0.320 e. The van der Waals surface area contributed by atoms with Gasteiger partial charge in [-0.25, -0.2) is 9.97 Å². The van der Waals surface area contributed by atoms with Gasteiger partial charge >= 0.3 is 0 Å². The SMILES string of the molecule is Cc1ccc(C)n1-c1sccc1C(=O)Nc1ccc(-n2ccnc2)nc1. The van der Waals surface area contributed by atoms with Crippen molar-refractivity contribution in [1.29, 1.82) is 0 Å². The molecule has 130 valence electrons. The van der Waals surface area contributed by atoms with Crippen LogP contribution in [-0.2, 0) is 0 Å². The first kappa shape index (κ1) is 16.3. The quantitative estimate of drug-likeness (QED) is 0.596. The lowest BCUT2D eigenvalue weighted by Crippen LogP contribution is -2.14. The highest BCUT2D eigenvalue weighted by atomic mass is 32.1. The molecule has 0 saturated heterocycles. The molecule has 0 aromatic carbocycles. The van der Waals surface area contributed by atoms with Crippen molar-refractivity contribution in [3.8, 4) is 10.8 Å². The molecule has 1 N–H and O–H groups in total. The number of amides is 1. The average Bonchev–Trinajstić information content (AvgIpc) is 3.37. The Labute approximate surface area is 154 Å². The molecule has 0 fully saturated rings. The molecular weight excluding hydrogens is 346 g/mol. The van der Waals surface area contributed by atoms with Gasteiger partial charge in [0, 0.05) is 23.8 Å². The number of nitrogens with one attached hydrogen (secondary N) is 1. The third-order valence-electron chi connectivity index (χ3n) is 4.14. The average molecular weight is 363 g/mol. The van der Waals surface area contributed by atoms with Gasteiger partial charge in [0.2, 0.25) is 0 Å². The Balaban J connectivity index is 1.57. The first-order valence-corrected chi connectivity index (χ1v) is 9.00. The number of carbonyl (C=O) groups is 1. The van der Waals surface area contributed by atoms with E-state index in [9.17, 15) is 4.79 Å².